The lowest BCUT2D eigenvalue weighted by Gasteiger charge is -2.06. The van der Waals surface area contributed by atoms with Crippen molar-refractivity contribution in [3.05, 3.63) is 29.3 Å². The van der Waals surface area contributed by atoms with Crippen molar-refractivity contribution in [3.63, 3.8) is 0 Å². The van der Waals surface area contributed by atoms with Crippen molar-refractivity contribution >= 4 is 33.2 Å². The standard InChI is InChI=1S/C8H10ClN3O3S/c9-6-1-3-7(4-2-6)12-16(14,15)5-8(13)11-10/h1-4,12H,5,10H2,(H,11,13). The normalized spacial score (nSPS) is 10.9. The highest BCUT2D eigenvalue weighted by Crippen LogP contribution is 2.14. The maximum Gasteiger partial charge on any atom is 0.250 e. The fraction of sp³-hybridized carbons (Fsp3) is 0.125. The van der Waals surface area contributed by atoms with Gasteiger partial charge in [-0.1, -0.05) is 11.6 Å². The second-order valence-electron chi connectivity index (χ2n) is 2.94. The lowest BCUT2D eigenvalue weighted by atomic mass is 10.3. The molecule has 0 unspecified atom stereocenters. The van der Waals surface area contributed by atoms with Crippen molar-refractivity contribution < 1.29 is 13.2 Å². The van der Waals surface area contributed by atoms with Gasteiger partial charge < -0.3 is 0 Å². The van der Waals surface area contributed by atoms with Crippen molar-refractivity contribution in [2.75, 3.05) is 10.5 Å². The number of halogens is 1. The fourth-order valence-electron chi connectivity index (χ4n) is 0.948. The van der Waals surface area contributed by atoms with E-state index in [-0.39, 0.29) is 0 Å². The third-order valence-electron chi connectivity index (χ3n) is 1.60. The Kier molecular flexibility index (Phi) is 4.11. The molecule has 0 aliphatic rings. The summed E-state index contributed by atoms with van der Waals surface area (Å²) in [5.41, 5.74) is 2.06. The smallest absolute Gasteiger partial charge is 0.250 e. The Hall–Kier alpha value is -1.31. The molecule has 1 rings (SSSR count). The first kappa shape index (κ1) is 12.8. The van der Waals surface area contributed by atoms with Crippen molar-refractivity contribution in [2.45, 2.75) is 0 Å². The molecule has 0 saturated heterocycles. The average molecular weight is 264 g/mol. The highest BCUT2D eigenvalue weighted by atomic mass is 35.5. The lowest BCUT2D eigenvalue weighted by Crippen LogP contribution is -2.37. The summed E-state index contributed by atoms with van der Waals surface area (Å²) in [6, 6.07) is 6.03. The number of hydrazine groups is 1. The van der Waals surface area contributed by atoms with Crippen molar-refractivity contribution in [1.82, 2.24) is 5.43 Å². The number of benzene rings is 1. The van der Waals surface area contributed by atoms with Gasteiger partial charge in [0.1, 0.15) is 5.75 Å². The Morgan fingerprint density at radius 3 is 2.38 bits per heavy atom. The van der Waals surface area contributed by atoms with Crippen LogP contribution in [-0.2, 0) is 14.8 Å². The van der Waals surface area contributed by atoms with Gasteiger partial charge in [-0.05, 0) is 24.3 Å². The maximum absolute atomic E-state index is 11.4. The summed E-state index contributed by atoms with van der Waals surface area (Å²) in [6.45, 7) is 0. The van der Waals surface area contributed by atoms with Crippen molar-refractivity contribution in [3.8, 4) is 0 Å². The van der Waals surface area contributed by atoms with E-state index in [0.717, 1.165) is 0 Å². The zero-order chi connectivity index (χ0) is 12.2. The molecule has 8 heteroatoms. The largest absolute Gasteiger partial charge is 0.293 e. The third kappa shape index (κ3) is 4.05. The minimum Gasteiger partial charge on any atom is -0.293 e. The fourth-order valence-corrected chi connectivity index (χ4v) is 2.07. The van der Waals surface area contributed by atoms with Gasteiger partial charge in [-0.25, -0.2) is 14.3 Å². The van der Waals surface area contributed by atoms with Crippen LogP contribution in [0.1, 0.15) is 0 Å². The molecule has 0 radical (unpaired) electrons. The molecule has 0 atom stereocenters. The lowest BCUT2D eigenvalue weighted by molar-refractivity contribution is -0.118. The van der Waals surface area contributed by atoms with E-state index in [2.05, 4.69) is 4.72 Å². The highest BCUT2D eigenvalue weighted by Gasteiger charge is 2.15. The maximum atomic E-state index is 11.4. The number of anilines is 1. The summed E-state index contributed by atoms with van der Waals surface area (Å²) in [7, 11) is -3.74. The van der Waals surface area contributed by atoms with E-state index in [0.29, 0.717) is 10.7 Å². The van der Waals surface area contributed by atoms with Crippen LogP contribution in [0.5, 0.6) is 0 Å². The summed E-state index contributed by atoms with van der Waals surface area (Å²) in [5, 5.41) is 0.489. The molecule has 88 valence electrons. The molecule has 0 spiro atoms. The van der Waals surface area contributed by atoms with Gasteiger partial charge in [0.15, 0.2) is 0 Å². The Labute approximate surface area is 97.8 Å². The number of amides is 1. The molecule has 0 bridgehead atoms. The number of carbonyl (C=O) groups is 1. The van der Waals surface area contributed by atoms with Crippen LogP contribution in [0.4, 0.5) is 5.69 Å². The van der Waals surface area contributed by atoms with E-state index in [1.54, 1.807) is 5.43 Å². The Balaban J connectivity index is 2.73. The monoisotopic (exact) mass is 263 g/mol. The molecular weight excluding hydrogens is 254 g/mol. The van der Waals surface area contributed by atoms with Gasteiger partial charge in [-0.15, -0.1) is 0 Å². The van der Waals surface area contributed by atoms with Crippen LogP contribution < -0.4 is 16.0 Å². The molecule has 0 aliphatic heterocycles. The molecule has 0 saturated carbocycles. The Morgan fingerprint density at radius 2 is 1.88 bits per heavy atom. The second kappa shape index (κ2) is 5.15. The zero-order valence-corrected chi connectivity index (χ0v) is 9.68. The molecule has 0 aromatic heterocycles. The predicted molar refractivity (Wildman–Crippen MR) is 61.2 cm³/mol. The number of nitrogens with two attached hydrogens (primary N) is 1. The van der Waals surface area contributed by atoms with E-state index >= 15 is 0 Å². The Bertz CT molecular complexity index is 472. The molecule has 1 aromatic rings. The van der Waals surface area contributed by atoms with Gasteiger partial charge in [0.2, 0.25) is 10.0 Å². The van der Waals surface area contributed by atoms with Crippen LogP contribution in [-0.4, -0.2) is 20.1 Å². The van der Waals surface area contributed by atoms with E-state index in [4.69, 9.17) is 17.4 Å². The van der Waals surface area contributed by atoms with Crippen LogP contribution in [0.2, 0.25) is 5.02 Å². The summed E-state index contributed by atoms with van der Waals surface area (Å²) in [4.78, 5) is 10.8. The number of sulfonamides is 1. The first-order valence-corrected chi connectivity index (χ1v) is 6.21. The molecule has 0 fully saturated rings. The van der Waals surface area contributed by atoms with Crippen molar-refractivity contribution in [1.29, 1.82) is 0 Å². The first-order valence-electron chi connectivity index (χ1n) is 4.18. The number of carbonyl (C=O) groups excluding carboxylic acids is 1. The number of rotatable bonds is 4. The minimum absolute atomic E-state index is 0.328. The molecule has 6 nitrogen and oxygen atoms in total. The zero-order valence-electron chi connectivity index (χ0n) is 8.10. The van der Waals surface area contributed by atoms with Gasteiger partial charge in [0, 0.05) is 10.7 Å². The quantitative estimate of drug-likeness (QED) is 0.406. The highest BCUT2D eigenvalue weighted by molar-refractivity contribution is 7.93. The first-order chi connectivity index (χ1) is 7.43. The predicted octanol–water partition coefficient (Wildman–Crippen LogP) is 0.0716. The molecule has 0 heterocycles. The molecule has 1 aromatic carbocycles. The van der Waals surface area contributed by atoms with Crippen molar-refractivity contribution in [2.24, 2.45) is 5.84 Å². The van der Waals surface area contributed by atoms with Crippen LogP contribution in [0, 0.1) is 0 Å². The third-order valence-corrected chi connectivity index (χ3v) is 3.04. The SMILES string of the molecule is NNC(=O)CS(=O)(=O)Nc1ccc(Cl)cc1. The molecule has 1 amide bonds. The Morgan fingerprint density at radius 1 is 1.31 bits per heavy atom. The van der Waals surface area contributed by atoms with Crippen LogP contribution in [0.15, 0.2) is 24.3 Å². The van der Waals surface area contributed by atoms with Crippen LogP contribution in [0.25, 0.3) is 0 Å². The van der Waals surface area contributed by atoms with Gasteiger partial charge in [0.05, 0.1) is 0 Å². The molecule has 16 heavy (non-hydrogen) atoms. The summed E-state index contributed by atoms with van der Waals surface area (Å²) >= 11 is 5.63. The number of hydrogen-bond donors (Lipinski definition) is 3. The van der Waals surface area contributed by atoms with Crippen LogP contribution >= 0.6 is 11.6 Å². The van der Waals surface area contributed by atoms with E-state index in [1.807, 2.05) is 0 Å². The molecular formula is C8H10ClN3O3S. The van der Waals surface area contributed by atoms with E-state index in [1.165, 1.54) is 24.3 Å². The van der Waals surface area contributed by atoms with Gasteiger partial charge >= 0.3 is 0 Å². The van der Waals surface area contributed by atoms with E-state index in [9.17, 15) is 13.2 Å². The summed E-state index contributed by atoms with van der Waals surface area (Å²) in [6.07, 6.45) is 0. The summed E-state index contributed by atoms with van der Waals surface area (Å²) < 4.78 is 25.0. The molecule has 4 N–H and O–H groups in total. The second-order valence-corrected chi connectivity index (χ2v) is 5.09. The van der Waals surface area contributed by atoms with Gasteiger partial charge in [-0.2, -0.15) is 0 Å². The number of nitrogens with one attached hydrogen (secondary N) is 2. The average Bonchev–Trinajstić information content (AvgIpc) is 2.20. The minimum atomic E-state index is -3.74. The number of hydrogen-bond acceptors (Lipinski definition) is 4. The molecule has 0 aliphatic carbocycles. The summed E-state index contributed by atoms with van der Waals surface area (Å²) in [5.74, 6) is 3.26. The topological polar surface area (TPSA) is 101 Å². The van der Waals surface area contributed by atoms with Gasteiger partial charge in [0.25, 0.3) is 5.91 Å². The van der Waals surface area contributed by atoms with Gasteiger partial charge in [-0.3, -0.25) is 14.9 Å². The van der Waals surface area contributed by atoms with Crippen LogP contribution in [0.3, 0.4) is 0 Å². The van der Waals surface area contributed by atoms with E-state index < -0.39 is 21.7 Å².